The molecular formula is C14H20ClFN2O2. The SMILES string of the molecule is CC[C@H](N)C(=O)N1CCOC(c2ccc(F)cc2)C1.Cl. The molecule has 0 saturated carbocycles. The molecule has 0 aromatic heterocycles. The maximum atomic E-state index is 12.9. The number of hydrogen-bond acceptors (Lipinski definition) is 3. The summed E-state index contributed by atoms with van der Waals surface area (Å²) in [5.74, 6) is -0.321. The highest BCUT2D eigenvalue weighted by Crippen LogP contribution is 2.22. The molecule has 0 radical (unpaired) electrons. The largest absolute Gasteiger partial charge is 0.370 e. The van der Waals surface area contributed by atoms with Crippen molar-refractivity contribution >= 4 is 18.3 Å². The minimum Gasteiger partial charge on any atom is -0.370 e. The predicted molar refractivity (Wildman–Crippen MR) is 77.2 cm³/mol. The molecule has 2 N–H and O–H groups in total. The van der Waals surface area contributed by atoms with Crippen LogP contribution in [0, 0.1) is 5.82 Å². The molecule has 0 bridgehead atoms. The predicted octanol–water partition coefficient (Wildman–Crippen LogP) is 1.88. The zero-order valence-electron chi connectivity index (χ0n) is 11.4. The van der Waals surface area contributed by atoms with Gasteiger partial charge in [0.25, 0.3) is 0 Å². The lowest BCUT2D eigenvalue weighted by atomic mass is 10.1. The van der Waals surface area contributed by atoms with Crippen LogP contribution in [0.1, 0.15) is 25.0 Å². The number of halogens is 2. The number of ether oxygens (including phenoxy) is 1. The summed E-state index contributed by atoms with van der Waals surface area (Å²) in [6.07, 6.45) is 0.416. The first-order valence-corrected chi connectivity index (χ1v) is 6.53. The van der Waals surface area contributed by atoms with Gasteiger partial charge in [-0.2, -0.15) is 0 Å². The van der Waals surface area contributed by atoms with Crippen LogP contribution >= 0.6 is 12.4 Å². The van der Waals surface area contributed by atoms with Crippen molar-refractivity contribution in [1.29, 1.82) is 0 Å². The van der Waals surface area contributed by atoms with E-state index < -0.39 is 6.04 Å². The van der Waals surface area contributed by atoms with E-state index >= 15 is 0 Å². The maximum Gasteiger partial charge on any atom is 0.239 e. The minimum atomic E-state index is -0.452. The number of amides is 1. The maximum absolute atomic E-state index is 12.9. The van der Waals surface area contributed by atoms with Crippen molar-refractivity contribution in [2.24, 2.45) is 5.73 Å². The molecule has 1 aliphatic rings. The Hall–Kier alpha value is -1.17. The van der Waals surface area contributed by atoms with Crippen molar-refractivity contribution < 1.29 is 13.9 Å². The van der Waals surface area contributed by atoms with Crippen molar-refractivity contribution in [2.45, 2.75) is 25.5 Å². The lowest BCUT2D eigenvalue weighted by Crippen LogP contribution is -2.49. The van der Waals surface area contributed by atoms with Gasteiger partial charge in [0, 0.05) is 6.54 Å². The average Bonchev–Trinajstić information content (AvgIpc) is 2.46. The normalized spacial score (nSPS) is 20.1. The van der Waals surface area contributed by atoms with Gasteiger partial charge >= 0.3 is 0 Å². The summed E-state index contributed by atoms with van der Waals surface area (Å²) in [6.45, 7) is 3.40. The van der Waals surface area contributed by atoms with Crippen LogP contribution in [0.15, 0.2) is 24.3 Å². The number of nitrogens with zero attached hydrogens (tertiary/aromatic N) is 1. The molecule has 1 heterocycles. The molecule has 1 fully saturated rings. The number of hydrogen-bond donors (Lipinski definition) is 1. The van der Waals surface area contributed by atoms with Crippen LogP contribution in [0.4, 0.5) is 4.39 Å². The van der Waals surface area contributed by atoms with E-state index in [0.717, 1.165) is 5.56 Å². The third-order valence-corrected chi connectivity index (χ3v) is 3.38. The van der Waals surface area contributed by atoms with E-state index in [1.54, 1.807) is 17.0 Å². The van der Waals surface area contributed by atoms with Crippen LogP contribution in [0.5, 0.6) is 0 Å². The Labute approximate surface area is 124 Å². The highest BCUT2D eigenvalue weighted by Gasteiger charge is 2.27. The molecule has 1 amide bonds. The molecule has 1 aromatic carbocycles. The zero-order chi connectivity index (χ0) is 13.8. The first-order chi connectivity index (χ1) is 9.11. The van der Waals surface area contributed by atoms with E-state index in [2.05, 4.69) is 0 Å². The molecule has 20 heavy (non-hydrogen) atoms. The van der Waals surface area contributed by atoms with Crippen LogP contribution in [0.2, 0.25) is 0 Å². The molecule has 1 aromatic rings. The molecule has 1 aliphatic heterocycles. The Morgan fingerprint density at radius 2 is 2.15 bits per heavy atom. The Balaban J connectivity index is 0.00000200. The monoisotopic (exact) mass is 302 g/mol. The number of benzene rings is 1. The van der Waals surface area contributed by atoms with E-state index in [4.69, 9.17) is 10.5 Å². The van der Waals surface area contributed by atoms with Crippen molar-refractivity contribution in [3.63, 3.8) is 0 Å². The molecule has 0 spiro atoms. The lowest BCUT2D eigenvalue weighted by Gasteiger charge is -2.34. The molecule has 112 valence electrons. The van der Waals surface area contributed by atoms with Gasteiger partial charge in [-0.3, -0.25) is 4.79 Å². The van der Waals surface area contributed by atoms with Crippen LogP contribution < -0.4 is 5.73 Å². The Kier molecular flexibility index (Phi) is 6.39. The summed E-state index contributed by atoms with van der Waals surface area (Å²) in [6, 6.07) is 5.72. The van der Waals surface area contributed by atoms with Gasteiger partial charge in [-0.15, -0.1) is 12.4 Å². The van der Waals surface area contributed by atoms with Gasteiger partial charge in [0.15, 0.2) is 0 Å². The van der Waals surface area contributed by atoms with E-state index in [1.165, 1.54) is 12.1 Å². The fraction of sp³-hybridized carbons (Fsp3) is 0.500. The van der Waals surface area contributed by atoms with Gasteiger partial charge in [0.2, 0.25) is 5.91 Å². The lowest BCUT2D eigenvalue weighted by molar-refractivity contribution is -0.140. The number of nitrogens with two attached hydrogens (primary N) is 1. The second-order valence-electron chi connectivity index (χ2n) is 4.71. The van der Waals surface area contributed by atoms with Crippen LogP contribution in [0.25, 0.3) is 0 Å². The fourth-order valence-electron chi connectivity index (χ4n) is 2.14. The van der Waals surface area contributed by atoms with E-state index in [0.29, 0.717) is 26.1 Å². The van der Waals surface area contributed by atoms with Gasteiger partial charge in [0.05, 0.1) is 19.2 Å². The Morgan fingerprint density at radius 3 is 2.75 bits per heavy atom. The summed E-state index contributed by atoms with van der Waals surface area (Å²) in [7, 11) is 0. The first-order valence-electron chi connectivity index (χ1n) is 6.53. The number of carbonyl (C=O) groups excluding carboxylic acids is 1. The molecule has 1 unspecified atom stereocenters. The van der Waals surface area contributed by atoms with E-state index in [9.17, 15) is 9.18 Å². The van der Waals surface area contributed by atoms with Crippen LogP contribution in [0.3, 0.4) is 0 Å². The topological polar surface area (TPSA) is 55.6 Å². The third-order valence-electron chi connectivity index (χ3n) is 3.38. The van der Waals surface area contributed by atoms with Crippen molar-refractivity contribution in [1.82, 2.24) is 4.90 Å². The second kappa shape index (κ2) is 7.57. The van der Waals surface area contributed by atoms with Gasteiger partial charge < -0.3 is 15.4 Å². The van der Waals surface area contributed by atoms with Crippen LogP contribution in [-0.4, -0.2) is 36.5 Å². The van der Waals surface area contributed by atoms with Crippen LogP contribution in [-0.2, 0) is 9.53 Å². The summed E-state index contributed by atoms with van der Waals surface area (Å²) < 4.78 is 18.5. The van der Waals surface area contributed by atoms with E-state index in [-0.39, 0.29) is 30.2 Å². The molecule has 1 saturated heterocycles. The summed E-state index contributed by atoms with van der Waals surface area (Å²) in [4.78, 5) is 13.8. The quantitative estimate of drug-likeness (QED) is 0.927. The summed E-state index contributed by atoms with van der Waals surface area (Å²) >= 11 is 0. The van der Waals surface area contributed by atoms with Gasteiger partial charge in [0.1, 0.15) is 11.9 Å². The summed E-state index contributed by atoms with van der Waals surface area (Å²) in [5.41, 5.74) is 6.65. The molecular weight excluding hydrogens is 283 g/mol. The first kappa shape index (κ1) is 16.9. The molecule has 0 aliphatic carbocycles. The van der Waals surface area contributed by atoms with Gasteiger partial charge in [-0.25, -0.2) is 4.39 Å². The molecule has 6 heteroatoms. The van der Waals surface area contributed by atoms with Gasteiger partial charge in [-0.05, 0) is 24.1 Å². The highest BCUT2D eigenvalue weighted by molar-refractivity contribution is 5.85. The Morgan fingerprint density at radius 1 is 1.50 bits per heavy atom. The third kappa shape index (κ3) is 3.91. The smallest absolute Gasteiger partial charge is 0.239 e. The average molecular weight is 303 g/mol. The zero-order valence-corrected chi connectivity index (χ0v) is 12.2. The van der Waals surface area contributed by atoms with Crippen molar-refractivity contribution in [2.75, 3.05) is 19.7 Å². The Bertz CT molecular complexity index is 441. The molecule has 2 atom stereocenters. The number of carbonyl (C=O) groups is 1. The fourth-order valence-corrected chi connectivity index (χ4v) is 2.14. The molecule has 2 rings (SSSR count). The van der Waals surface area contributed by atoms with E-state index in [1.807, 2.05) is 6.92 Å². The van der Waals surface area contributed by atoms with Crippen molar-refractivity contribution in [3.8, 4) is 0 Å². The number of rotatable bonds is 3. The standard InChI is InChI=1S/C14H19FN2O2.ClH/c1-2-12(16)14(18)17-7-8-19-13(9-17)10-3-5-11(15)6-4-10;/h3-6,12-13H,2,7-9,16H2,1H3;1H/t12-,13?;/m0./s1. The van der Waals surface area contributed by atoms with Gasteiger partial charge in [-0.1, -0.05) is 19.1 Å². The summed E-state index contributed by atoms with van der Waals surface area (Å²) in [5, 5.41) is 0. The number of morpholine rings is 1. The highest BCUT2D eigenvalue weighted by atomic mass is 35.5. The second-order valence-corrected chi connectivity index (χ2v) is 4.71. The minimum absolute atomic E-state index is 0. The van der Waals surface area contributed by atoms with Crippen molar-refractivity contribution in [3.05, 3.63) is 35.6 Å². The molecule has 4 nitrogen and oxygen atoms in total.